The highest BCUT2D eigenvalue weighted by molar-refractivity contribution is 9.10. The lowest BCUT2D eigenvalue weighted by Gasteiger charge is -2.19. The summed E-state index contributed by atoms with van der Waals surface area (Å²) in [6, 6.07) is 0. The van der Waals surface area contributed by atoms with Gasteiger partial charge >= 0.3 is 5.97 Å². The van der Waals surface area contributed by atoms with E-state index in [1.807, 2.05) is 6.92 Å². The molecule has 0 aromatic heterocycles. The van der Waals surface area contributed by atoms with Crippen LogP contribution in [0.4, 0.5) is 0 Å². The molecule has 0 amide bonds. The van der Waals surface area contributed by atoms with Crippen molar-refractivity contribution in [3.05, 3.63) is 21.2 Å². The number of rotatable bonds is 3. The molecule has 1 aromatic rings. The monoisotopic (exact) mass is 326 g/mol. The van der Waals surface area contributed by atoms with Crippen LogP contribution < -0.4 is 9.47 Å². The van der Waals surface area contributed by atoms with E-state index < -0.39 is 5.97 Å². The first-order valence-corrected chi connectivity index (χ1v) is 7.23. The lowest BCUT2D eigenvalue weighted by atomic mass is 9.89. The van der Waals surface area contributed by atoms with Crippen LogP contribution in [0.1, 0.15) is 36.0 Å². The highest BCUT2D eigenvalue weighted by Gasteiger charge is 2.32. The maximum absolute atomic E-state index is 11.0. The van der Waals surface area contributed by atoms with Crippen LogP contribution in [-0.4, -0.2) is 24.3 Å². The molecule has 2 aliphatic heterocycles. The minimum absolute atomic E-state index is 0.0621. The quantitative estimate of drug-likeness (QED) is 0.927. The predicted octanol–water partition coefficient (Wildman–Crippen LogP) is 2.90. The Kier molecular flexibility index (Phi) is 3.17. The summed E-state index contributed by atoms with van der Waals surface area (Å²) in [5, 5.41) is 9.02. The van der Waals surface area contributed by atoms with Crippen molar-refractivity contribution >= 4 is 21.9 Å². The van der Waals surface area contributed by atoms with E-state index in [9.17, 15) is 4.79 Å². The molecule has 0 spiro atoms. The molecule has 102 valence electrons. The summed E-state index contributed by atoms with van der Waals surface area (Å²) in [7, 11) is 0. The van der Waals surface area contributed by atoms with Crippen LogP contribution in [0.3, 0.4) is 0 Å². The van der Waals surface area contributed by atoms with Crippen LogP contribution in [0, 0.1) is 0 Å². The van der Waals surface area contributed by atoms with Gasteiger partial charge in [0, 0.05) is 29.5 Å². The fourth-order valence-corrected chi connectivity index (χ4v) is 3.71. The molecule has 1 N–H and O–H groups in total. The normalized spacial score (nSPS) is 17.4. The van der Waals surface area contributed by atoms with Gasteiger partial charge in [-0.15, -0.1) is 0 Å². The minimum atomic E-state index is -0.783. The van der Waals surface area contributed by atoms with Gasteiger partial charge in [-0.3, -0.25) is 4.79 Å². The molecule has 0 saturated heterocycles. The smallest absolute Gasteiger partial charge is 0.303 e. The van der Waals surface area contributed by atoms with Crippen molar-refractivity contribution in [2.75, 3.05) is 13.2 Å². The van der Waals surface area contributed by atoms with Gasteiger partial charge in [0.05, 0.1) is 24.1 Å². The van der Waals surface area contributed by atoms with E-state index in [0.717, 1.165) is 45.5 Å². The number of benzene rings is 1. The Balaban J connectivity index is 2.15. The molecule has 4 nitrogen and oxygen atoms in total. The highest BCUT2D eigenvalue weighted by Crippen LogP contribution is 2.49. The van der Waals surface area contributed by atoms with Gasteiger partial charge in [0.25, 0.3) is 0 Å². The lowest BCUT2D eigenvalue weighted by molar-refractivity contribution is -0.137. The molecule has 2 heterocycles. The van der Waals surface area contributed by atoms with E-state index in [0.29, 0.717) is 13.2 Å². The van der Waals surface area contributed by atoms with Crippen LogP contribution in [0.2, 0.25) is 0 Å². The van der Waals surface area contributed by atoms with Crippen molar-refractivity contribution in [2.24, 2.45) is 0 Å². The number of hydrogen-bond donors (Lipinski definition) is 1. The number of aliphatic carboxylic acids is 1. The standard InChI is InChI=1S/C14H15BrO4/c1-7(6-10(16)17)11-8-2-4-19-14(8)12(15)9-3-5-18-13(9)11/h7H,2-6H2,1H3,(H,16,17). The molecular formula is C14H15BrO4. The summed E-state index contributed by atoms with van der Waals surface area (Å²) < 4.78 is 12.4. The van der Waals surface area contributed by atoms with Crippen molar-refractivity contribution < 1.29 is 19.4 Å². The van der Waals surface area contributed by atoms with E-state index in [-0.39, 0.29) is 12.3 Å². The summed E-state index contributed by atoms with van der Waals surface area (Å²) in [6.45, 7) is 3.26. The zero-order chi connectivity index (χ0) is 13.6. The van der Waals surface area contributed by atoms with Crippen molar-refractivity contribution in [3.63, 3.8) is 0 Å². The molecule has 0 fully saturated rings. The fraction of sp³-hybridized carbons (Fsp3) is 0.500. The molecule has 1 aromatic carbocycles. The molecule has 5 heteroatoms. The second-order valence-corrected chi connectivity index (χ2v) is 5.83. The van der Waals surface area contributed by atoms with Gasteiger partial charge in [0.2, 0.25) is 0 Å². The average Bonchev–Trinajstić information content (AvgIpc) is 2.96. The molecule has 0 bridgehead atoms. The van der Waals surface area contributed by atoms with Crippen LogP contribution in [-0.2, 0) is 17.6 Å². The second kappa shape index (κ2) is 4.71. The molecule has 0 saturated carbocycles. The Morgan fingerprint density at radius 1 is 1.26 bits per heavy atom. The Hall–Kier alpha value is -1.23. The Morgan fingerprint density at radius 3 is 2.58 bits per heavy atom. The molecule has 19 heavy (non-hydrogen) atoms. The number of carbonyl (C=O) groups is 1. The van der Waals surface area contributed by atoms with Crippen LogP contribution in [0.15, 0.2) is 4.47 Å². The molecule has 1 unspecified atom stereocenters. The third-order valence-electron chi connectivity index (χ3n) is 3.75. The number of ether oxygens (including phenoxy) is 2. The number of carboxylic acids is 1. The van der Waals surface area contributed by atoms with Crippen LogP contribution >= 0.6 is 15.9 Å². The van der Waals surface area contributed by atoms with E-state index in [2.05, 4.69) is 15.9 Å². The Labute approximate surface area is 119 Å². The number of carboxylic acid groups (broad SMARTS) is 1. The molecule has 0 aliphatic carbocycles. The maximum Gasteiger partial charge on any atom is 0.303 e. The first kappa shape index (κ1) is 12.8. The highest BCUT2D eigenvalue weighted by atomic mass is 79.9. The topological polar surface area (TPSA) is 55.8 Å². The van der Waals surface area contributed by atoms with Crippen LogP contribution in [0.5, 0.6) is 11.5 Å². The molecule has 3 rings (SSSR count). The number of halogens is 1. The average molecular weight is 327 g/mol. The lowest BCUT2D eigenvalue weighted by Crippen LogP contribution is -2.07. The molecule has 1 atom stereocenters. The van der Waals surface area contributed by atoms with E-state index in [4.69, 9.17) is 14.6 Å². The van der Waals surface area contributed by atoms with Gasteiger partial charge in [0.15, 0.2) is 0 Å². The minimum Gasteiger partial charge on any atom is -0.493 e. The maximum atomic E-state index is 11.0. The van der Waals surface area contributed by atoms with Gasteiger partial charge in [-0.25, -0.2) is 0 Å². The first-order chi connectivity index (χ1) is 9.09. The number of fused-ring (bicyclic) bond motifs is 2. The van der Waals surface area contributed by atoms with Crippen LogP contribution in [0.25, 0.3) is 0 Å². The third-order valence-corrected chi connectivity index (χ3v) is 4.59. The van der Waals surface area contributed by atoms with Gasteiger partial charge in [-0.2, -0.15) is 0 Å². The zero-order valence-corrected chi connectivity index (χ0v) is 12.2. The molecular weight excluding hydrogens is 312 g/mol. The fourth-order valence-electron chi connectivity index (χ4n) is 2.97. The molecule has 0 radical (unpaired) electrons. The van der Waals surface area contributed by atoms with Crippen molar-refractivity contribution in [2.45, 2.75) is 32.1 Å². The summed E-state index contributed by atoms with van der Waals surface area (Å²) in [4.78, 5) is 11.0. The Bertz CT molecular complexity index is 518. The molecule has 2 aliphatic rings. The largest absolute Gasteiger partial charge is 0.493 e. The SMILES string of the molecule is CC(CC(=O)O)c1c2c(c(Br)c3c1OCC3)OCC2. The van der Waals surface area contributed by atoms with E-state index in [1.54, 1.807) is 0 Å². The summed E-state index contributed by atoms with van der Waals surface area (Å²) in [6.07, 6.45) is 1.78. The second-order valence-electron chi connectivity index (χ2n) is 5.04. The van der Waals surface area contributed by atoms with Crippen molar-refractivity contribution in [1.29, 1.82) is 0 Å². The summed E-state index contributed by atoms with van der Waals surface area (Å²) in [5.74, 6) is 0.920. The summed E-state index contributed by atoms with van der Waals surface area (Å²) in [5.41, 5.74) is 3.26. The van der Waals surface area contributed by atoms with Gasteiger partial charge in [0.1, 0.15) is 11.5 Å². The number of hydrogen-bond acceptors (Lipinski definition) is 3. The van der Waals surface area contributed by atoms with Gasteiger partial charge < -0.3 is 14.6 Å². The third kappa shape index (κ3) is 2.00. The van der Waals surface area contributed by atoms with Gasteiger partial charge in [-0.1, -0.05) is 6.92 Å². The van der Waals surface area contributed by atoms with E-state index >= 15 is 0 Å². The van der Waals surface area contributed by atoms with Gasteiger partial charge in [-0.05, 0) is 21.8 Å². The van der Waals surface area contributed by atoms with Crippen molar-refractivity contribution in [3.8, 4) is 11.5 Å². The van der Waals surface area contributed by atoms with E-state index in [1.165, 1.54) is 0 Å². The van der Waals surface area contributed by atoms with Crippen molar-refractivity contribution in [1.82, 2.24) is 0 Å². The first-order valence-electron chi connectivity index (χ1n) is 6.44. The predicted molar refractivity (Wildman–Crippen MR) is 73.2 cm³/mol. The summed E-state index contributed by atoms with van der Waals surface area (Å²) >= 11 is 3.60. The zero-order valence-electron chi connectivity index (χ0n) is 10.7. The Morgan fingerprint density at radius 2 is 1.89 bits per heavy atom.